The monoisotopic (exact) mass is 276 g/mol. The Labute approximate surface area is 116 Å². The van der Waals surface area contributed by atoms with Gasteiger partial charge in [0.25, 0.3) is 5.69 Å². The second kappa shape index (κ2) is 4.77. The van der Waals surface area contributed by atoms with Crippen molar-refractivity contribution in [3.8, 4) is 5.75 Å². The summed E-state index contributed by atoms with van der Waals surface area (Å²) in [6.07, 6.45) is 0.998. The van der Waals surface area contributed by atoms with Crippen molar-refractivity contribution >= 4 is 11.6 Å². The molecule has 3 rings (SSSR count). The molecule has 0 bridgehead atoms. The molecule has 0 aromatic heterocycles. The highest BCUT2D eigenvalue weighted by molar-refractivity contribution is 5.82. The molecule has 2 aliphatic rings. The Morgan fingerprint density at radius 3 is 2.45 bits per heavy atom. The van der Waals surface area contributed by atoms with Crippen LogP contribution in [0.1, 0.15) is 13.3 Å². The summed E-state index contributed by atoms with van der Waals surface area (Å²) in [6.45, 7) is 3.31. The van der Waals surface area contributed by atoms with Gasteiger partial charge in [0.15, 0.2) is 0 Å². The number of hydrogen-bond donors (Lipinski definition) is 0. The molecule has 0 spiro atoms. The van der Waals surface area contributed by atoms with E-state index in [4.69, 9.17) is 4.74 Å². The van der Waals surface area contributed by atoms with Crippen molar-refractivity contribution in [2.24, 2.45) is 11.8 Å². The fraction of sp³-hybridized carbons (Fsp3) is 0.500. The van der Waals surface area contributed by atoms with Crippen molar-refractivity contribution in [2.45, 2.75) is 19.4 Å². The third kappa shape index (κ3) is 2.45. The molecule has 2 fully saturated rings. The lowest BCUT2D eigenvalue weighted by Crippen LogP contribution is -2.56. The van der Waals surface area contributed by atoms with Gasteiger partial charge < -0.3 is 9.64 Å². The van der Waals surface area contributed by atoms with E-state index in [-0.39, 0.29) is 23.6 Å². The Balaban J connectivity index is 1.48. The van der Waals surface area contributed by atoms with Crippen LogP contribution < -0.4 is 4.74 Å². The first-order valence-electron chi connectivity index (χ1n) is 6.74. The summed E-state index contributed by atoms with van der Waals surface area (Å²) in [5.74, 6) is 1.58. The molecule has 1 aliphatic carbocycles. The lowest BCUT2D eigenvalue weighted by atomic mass is 10.1. The Bertz CT molecular complexity index is 537. The SMILES string of the molecule is C[C@H]1C[C@H]1C(=O)N1CC(Oc2ccc([N+](=O)[O-])cc2)C1. The molecule has 1 saturated heterocycles. The molecular formula is C14H16N2O4. The van der Waals surface area contributed by atoms with Crippen LogP contribution in [0.3, 0.4) is 0 Å². The summed E-state index contributed by atoms with van der Waals surface area (Å²) in [6, 6.07) is 6.02. The van der Waals surface area contributed by atoms with Crippen molar-refractivity contribution in [1.82, 2.24) is 4.90 Å². The molecule has 6 heteroatoms. The van der Waals surface area contributed by atoms with Crippen molar-refractivity contribution in [2.75, 3.05) is 13.1 Å². The number of non-ortho nitro benzene ring substituents is 1. The number of likely N-dealkylation sites (tertiary alicyclic amines) is 1. The van der Waals surface area contributed by atoms with Gasteiger partial charge in [-0.15, -0.1) is 0 Å². The maximum Gasteiger partial charge on any atom is 0.269 e. The highest BCUT2D eigenvalue weighted by Crippen LogP contribution is 2.40. The zero-order valence-electron chi connectivity index (χ0n) is 11.2. The van der Waals surface area contributed by atoms with Gasteiger partial charge in [0.05, 0.1) is 18.0 Å². The maximum atomic E-state index is 11.9. The minimum absolute atomic E-state index is 0.00513. The topological polar surface area (TPSA) is 72.7 Å². The summed E-state index contributed by atoms with van der Waals surface area (Å²) in [5, 5.41) is 10.5. The van der Waals surface area contributed by atoms with E-state index in [1.807, 2.05) is 4.90 Å². The molecule has 106 valence electrons. The molecule has 1 aromatic rings. The molecule has 1 aromatic carbocycles. The van der Waals surface area contributed by atoms with E-state index < -0.39 is 4.92 Å². The molecule has 1 amide bonds. The van der Waals surface area contributed by atoms with Crippen molar-refractivity contribution < 1.29 is 14.5 Å². The standard InChI is InChI=1S/C14H16N2O4/c1-9-6-13(9)14(17)15-7-12(8-15)20-11-4-2-10(3-5-11)16(18)19/h2-5,9,12-13H,6-8H2,1H3/t9-,13+/m0/s1. The molecule has 6 nitrogen and oxygen atoms in total. The Kier molecular flexibility index (Phi) is 3.08. The number of amides is 1. The fourth-order valence-electron chi connectivity index (χ4n) is 2.43. The highest BCUT2D eigenvalue weighted by atomic mass is 16.6. The maximum absolute atomic E-state index is 11.9. The predicted octanol–water partition coefficient (Wildman–Crippen LogP) is 1.84. The van der Waals surface area contributed by atoms with Gasteiger partial charge in [0.1, 0.15) is 11.9 Å². The van der Waals surface area contributed by atoms with Crippen molar-refractivity contribution in [3.05, 3.63) is 34.4 Å². The predicted molar refractivity (Wildman–Crippen MR) is 71.4 cm³/mol. The van der Waals surface area contributed by atoms with E-state index in [0.29, 0.717) is 24.8 Å². The third-order valence-corrected chi connectivity index (χ3v) is 3.94. The summed E-state index contributed by atoms with van der Waals surface area (Å²) in [4.78, 5) is 23.8. The zero-order chi connectivity index (χ0) is 14.3. The average molecular weight is 276 g/mol. The van der Waals surface area contributed by atoms with Crippen LogP contribution in [0.2, 0.25) is 0 Å². The number of ether oxygens (including phenoxy) is 1. The van der Waals surface area contributed by atoms with Crippen molar-refractivity contribution in [3.63, 3.8) is 0 Å². The van der Waals surface area contributed by atoms with Crippen LogP contribution in [-0.4, -0.2) is 34.9 Å². The van der Waals surface area contributed by atoms with E-state index in [9.17, 15) is 14.9 Å². The van der Waals surface area contributed by atoms with Crippen LogP contribution in [0, 0.1) is 22.0 Å². The zero-order valence-corrected chi connectivity index (χ0v) is 11.2. The van der Waals surface area contributed by atoms with Gasteiger partial charge >= 0.3 is 0 Å². The lowest BCUT2D eigenvalue weighted by Gasteiger charge is -2.39. The van der Waals surface area contributed by atoms with E-state index in [2.05, 4.69) is 6.92 Å². The Morgan fingerprint density at radius 1 is 1.35 bits per heavy atom. The minimum atomic E-state index is -0.440. The number of nitro groups is 1. The molecule has 0 N–H and O–H groups in total. The van der Waals surface area contributed by atoms with Crippen LogP contribution in [0.15, 0.2) is 24.3 Å². The van der Waals surface area contributed by atoms with Crippen LogP contribution in [0.25, 0.3) is 0 Å². The van der Waals surface area contributed by atoms with Crippen LogP contribution in [0.4, 0.5) is 5.69 Å². The van der Waals surface area contributed by atoms with Gasteiger partial charge in [-0.2, -0.15) is 0 Å². The van der Waals surface area contributed by atoms with E-state index >= 15 is 0 Å². The molecule has 1 heterocycles. The molecule has 20 heavy (non-hydrogen) atoms. The second-order valence-corrected chi connectivity index (χ2v) is 5.55. The lowest BCUT2D eigenvalue weighted by molar-refractivity contribution is -0.384. The van der Waals surface area contributed by atoms with E-state index in [1.54, 1.807) is 12.1 Å². The van der Waals surface area contributed by atoms with Gasteiger partial charge in [-0.25, -0.2) is 0 Å². The summed E-state index contributed by atoms with van der Waals surface area (Å²) >= 11 is 0. The summed E-state index contributed by atoms with van der Waals surface area (Å²) in [5.41, 5.74) is 0.0467. The van der Waals surface area contributed by atoms with E-state index in [1.165, 1.54) is 12.1 Å². The number of rotatable bonds is 4. The van der Waals surface area contributed by atoms with Gasteiger partial charge in [-0.3, -0.25) is 14.9 Å². The first kappa shape index (κ1) is 12.9. The largest absolute Gasteiger partial charge is 0.487 e. The molecule has 2 atom stereocenters. The van der Waals surface area contributed by atoms with Crippen LogP contribution >= 0.6 is 0 Å². The number of hydrogen-bond acceptors (Lipinski definition) is 4. The molecule has 0 radical (unpaired) electrons. The van der Waals surface area contributed by atoms with Crippen molar-refractivity contribution in [1.29, 1.82) is 0 Å². The summed E-state index contributed by atoms with van der Waals surface area (Å²) in [7, 11) is 0. The number of benzene rings is 1. The Morgan fingerprint density at radius 2 is 1.95 bits per heavy atom. The van der Waals surface area contributed by atoms with Crippen LogP contribution in [0.5, 0.6) is 5.75 Å². The average Bonchev–Trinajstić information content (AvgIpc) is 3.10. The second-order valence-electron chi connectivity index (χ2n) is 5.55. The molecular weight excluding hydrogens is 260 g/mol. The van der Waals surface area contributed by atoms with Crippen LogP contribution in [-0.2, 0) is 4.79 Å². The fourth-order valence-corrected chi connectivity index (χ4v) is 2.43. The number of nitro benzene ring substituents is 1. The Hall–Kier alpha value is -2.11. The van der Waals surface area contributed by atoms with Gasteiger partial charge in [-0.1, -0.05) is 6.92 Å². The number of nitrogens with zero attached hydrogens (tertiary/aromatic N) is 2. The number of carbonyl (C=O) groups is 1. The minimum Gasteiger partial charge on any atom is -0.487 e. The third-order valence-electron chi connectivity index (χ3n) is 3.94. The molecule has 1 saturated carbocycles. The smallest absolute Gasteiger partial charge is 0.269 e. The summed E-state index contributed by atoms with van der Waals surface area (Å²) < 4.78 is 5.68. The first-order valence-corrected chi connectivity index (χ1v) is 6.74. The van der Waals surface area contributed by atoms with E-state index in [0.717, 1.165) is 6.42 Å². The van der Waals surface area contributed by atoms with Gasteiger partial charge in [-0.05, 0) is 24.5 Å². The molecule has 0 unspecified atom stereocenters. The highest BCUT2D eigenvalue weighted by Gasteiger charge is 2.45. The molecule has 1 aliphatic heterocycles. The first-order chi connectivity index (χ1) is 9.54. The quantitative estimate of drug-likeness (QED) is 0.621. The van der Waals surface area contributed by atoms with Gasteiger partial charge in [0.2, 0.25) is 5.91 Å². The number of carbonyl (C=O) groups excluding carboxylic acids is 1. The van der Waals surface area contributed by atoms with Gasteiger partial charge in [0, 0.05) is 18.1 Å². The normalized spacial score (nSPS) is 24.9.